The molecule has 0 aliphatic carbocycles. The van der Waals surface area contributed by atoms with Crippen molar-refractivity contribution in [3.05, 3.63) is 53.6 Å². The molecule has 1 N–H and O–H groups in total. The Labute approximate surface area is 236 Å². The molecule has 1 spiro atoms. The minimum atomic E-state index is -0.783. The number of para-hydroxylation sites is 1. The van der Waals surface area contributed by atoms with E-state index < -0.39 is 22.6 Å². The fourth-order valence-electron chi connectivity index (χ4n) is 7.08. The van der Waals surface area contributed by atoms with Gasteiger partial charge in [0, 0.05) is 43.7 Å². The van der Waals surface area contributed by atoms with Gasteiger partial charge >= 0.3 is 0 Å². The molecule has 0 radical (unpaired) electrons. The molecule has 3 amide bonds. The molecule has 2 fully saturated rings. The number of fused-ring (bicyclic) bond motifs is 2. The number of unbranched alkanes of at least 4 members (excludes halogenated alkanes) is 3. The lowest BCUT2D eigenvalue weighted by Crippen LogP contribution is -2.53. The number of aliphatic hydroxyl groups excluding tert-OH is 1. The van der Waals surface area contributed by atoms with Gasteiger partial charge in [0.2, 0.25) is 11.8 Å². The normalized spacial score (nSPS) is 29.9. The Balaban J connectivity index is 1.56. The van der Waals surface area contributed by atoms with E-state index in [0.29, 0.717) is 26.2 Å². The Kier molecular flexibility index (Phi) is 8.24. The zero-order chi connectivity index (χ0) is 27.7. The molecule has 4 heterocycles. The van der Waals surface area contributed by atoms with Crippen LogP contribution >= 0.6 is 11.8 Å². The second-order valence-electron chi connectivity index (χ2n) is 11.3. The van der Waals surface area contributed by atoms with Crippen LogP contribution in [-0.2, 0) is 14.4 Å². The van der Waals surface area contributed by atoms with Crippen LogP contribution in [0.1, 0.15) is 50.2 Å². The van der Waals surface area contributed by atoms with Crippen molar-refractivity contribution in [2.24, 2.45) is 11.8 Å². The largest absolute Gasteiger partial charge is 0.396 e. The molecular formula is C31H41N3O4S. The predicted molar refractivity (Wildman–Crippen MR) is 156 cm³/mol. The van der Waals surface area contributed by atoms with E-state index in [-0.39, 0.29) is 29.6 Å². The van der Waals surface area contributed by atoms with Gasteiger partial charge in [-0.1, -0.05) is 62.3 Å². The summed E-state index contributed by atoms with van der Waals surface area (Å²) in [7, 11) is 0. The van der Waals surface area contributed by atoms with E-state index in [2.05, 4.69) is 25.2 Å². The van der Waals surface area contributed by atoms with E-state index >= 15 is 0 Å². The number of thioether (sulfide) groups is 1. The molecule has 2 saturated heterocycles. The van der Waals surface area contributed by atoms with Gasteiger partial charge in [0.25, 0.3) is 5.91 Å². The summed E-state index contributed by atoms with van der Waals surface area (Å²) in [5.41, 5.74) is 2.97. The first-order valence-corrected chi connectivity index (χ1v) is 15.3. The molecule has 39 heavy (non-hydrogen) atoms. The number of hydrogen-bond acceptors (Lipinski definition) is 5. The Morgan fingerprint density at radius 1 is 0.949 bits per heavy atom. The average Bonchev–Trinajstić information content (AvgIpc) is 3.22. The van der Waals surface area contributed by atoms with Gasteiger partial charge in [0.15, 0.2) is 0 Å². The average molecular weight is 552 g/mol. The van der Waals surface area contributed by atoms with Crippen LogP contribution in [0.2, 0.25) is 0 Å². The van der Waals surface area contributed by atoms with E-state index in [0.717, 1.165) is 48.9 Å². The first-order valence-electron chi connectivity index (χ1n) is 14.5. The summed E-state index contributed by atoms with van der Waals surface area (Å²) >= 11 is 1.65. The molecule has 7 nitrogen and oxygen atoms in total. The summed E-state index contributed by atoms with van der Waals surface area (Å²) in [4.78, 5) is 48.4. The molecule has 0 bridgehead atoms. The summed E-state index contributed by atoms with van der Waals surface area (Å²) in [5, 5.41) is 9.05. The van der Waals surface area contributed by atoms with Gasteiger partial charge in [0.05, 0.1) is 16.6 Å². The molecule has 0 saturated carbocycles. The third-order valence-corrected chi connectivity index (χ3v) is 10.5. The first-order chi connectivity index (χ1) is 18.9. The van der Waals surface area contributed by atoms with Gasteiger partial charge < -0.3 is 19.8 Å². The fraction of sp³-hybridized carbons (Fsp3) is 0.581. The molecule has 5 rings (SSSR count). The summed E-state index contributed by atoms with van der Waals surface area (Å²) in [6.07, 6.45) is 12.4. The molecule has 8 heteroatoms. The number of anilines is 1. The summed E-state index contributed by atoms with van der Waals surface area (Å²) in [6.45, 7) is 8.43. The second-order valence-corrected chi connectivity index (χ2v) is 12.8. The van der Waals surface area contributed by atoms with Crippen molar-refractivity contribution in [1.29, 1.82) is 0 Å². The molecule has 4 aliphatic rings. The van der Waals surface area contributed by atoms with Crippen LogP contribution in [0.4, 0.5) is 5.69 Å². The number of hydrogen-bond donors (Lipinski definition) is 1. The van der Waals surface area contributed by atoms with Crippen molar-refractivity contribution in [3.8, 4) is 0 Å². The Bertz CT molecular complexity index is 1160. The van der Waals surface area contributed by atoms with Gasteiger partial charge in [-0.15, -0.1) is 11.8 Å². The topological polar surface area (TPSA) is 81.2 Å². The number of carbonyl (C=O) groups is 3. The Hall–Kier alpha value is -2.58. The van der Waals surface area contributed by atoms with Crippen molar-refractivity contribution in [1.82, 2.24) is 9.80 Å². The SMILES string of the molecule is CCCN1CC=C[C@@H]2S[C@]34C=CCN(c5c(C)cccc5C)C(=O)C3N(CCCCCCO)C(=O)[C@@H]4[C@@H]2C1=O. The first kappa shape index (κ1) is 28.0. The lowest BCUT2D eigenvalue weighted by molar-refractivity contribution is -0.142. The number of amides is 3. The van der Waals surface area contributed by atoms with E-state index in [1.807, 2.05) is 47.9 Å². The maximum atomic E-state index is 14.6. The smallest absolute Gasteiger partial charge is 0.251 e. The van der Waals surface area contributed by atoms with Gasteiger partial charge in [-0.3, -0.25) is 14.4 Å². The number of rotatable bonds is 9. The third kappa shape index (κ3) is 4.73. The minimum absolute atomic E-state index is 0.0369. The van der Waals surface area contributed by atoms with Crippen molar-refractivity contribution < 1.29 is 19.5 Å². The summed E-state index contributed by atoms with van der Waals surface area (Å²) in [6, 6.07) is 5.39. The monoisotopic (exact) mass is 551 g/mol. The number of carbonyl (C=O) groups excluding carboxylic acids is 3. The van der Waals surface area contributed by atoms with Crippen LogP contribution in [0.25, 0.3) is 0 Å². The Morgan fingerprint density at radius 3 is 2.41 bits per heavy atom. The second kappa shape index (κ2) is 11.5. The van der Waals surface area contributed by atoms with Crippen LogP contribution in [0, 0.1) is 25.7 Å². The van der Waals surface area contributed by atoms with E-state index in [9.17, 15) is 19.5 Å². The highest BCUT2D eigenvalue weighted by molar-refractivity contribution is 8.02. The maximum absolute atomic E-state index is 14.6. The number of nitrogens with zero attached hydrogens (tertiary/aromatic N) is 3. The number of likely N-dealkylation sites (tertiary alicyclic amines) is 1. The number of aryl methyl sites for hydroxylation is 2. The van der Waals surface area contributed by atoms with E-state index in [1.54, 1.807) is 16.7 Å². The zero-order valence-electron chi connectivity index (χ0n) is 23.3. The highest BCUT2D eigenvalue weighted by Crippen LogP contribution is 2.61. The van der Waals surface area contributed by atoms with Gasteiger partial charge in [-0.25, -0.2) is 0 Å². The molecule has 1 unspecified atom stereocenters. The quantitative estimate of drug-likeness (QED) is 0.372. The lowest BCUT2D eigenvalue weighted by Gasteiger charge is -2.36. The molecule has 0 aromatic heterocycles. The van der Waals surface area contributed by atoms with Crippen LogP contribution in [0.3, 0.4) is 0 Å². The van der Waals surface area contributed by atoms with Crippen LogP contribution in [-0.4, -0.2) is 81.5 Å². The van der Waals surface area contributed by atoms with Gasteiger partial charge in [0.1, 0.15) is 6.04 Å². The molecule has 210 valence electrons. The van der Waals surface area contributed by atoms with Gasteiger partial charge in [-0.05, 0) is 44.2 Å². The van der Waals surface area contributed by atoms with Crippen LogP contribution in [0.5, 0.6) is 0 Å². The number of aliphatic hydroxyl groups is 1. The van der Waals surface area contributed by atoms with Crippen molar-refractivity contribution in [2.75, 3.05) is 37.7 Å². The third-order valence-electron chi connectivity index (χ3n) is 8.75. The van der Waals surface area contributed by atoms with E-state index in [4.69, 9.17) is 0 Å². The summed E-state index contributed by atoms with van der Waals surface area (Å²) in [5.74, 6) is -1.13. The highest BCUT2D eigenvalue weighted by Gasteiger charge is 2.71. The minimum Gasteiger partial charge on any atom is -0.396 e. The number of benzene rings is 1. The maximum Gasteiger partial charge on any atom is 0.251 e. The molecule has 5 atom stereocenters. The molecule has 1 aromatic carbocycles. The molecular weight excluding hydrogens is 510 g/mol. The highest BCUT2D eigenvalue weighted by atomic mass is 32.2. The van der Waals surface area contributed by atoms with Gasteiger partial charge in [-0.2, -0.15) is 0 Å². The van der Waals surface area contributed by atoms with Crippen molar-refractivity contribution in [3.63, 3.8) is 0 Å². The standard InChI is InChI=1S/C31H41N3O4S/c1-4-16-32-17-10-14-23-24(28(32)36)25-29(37)34(18-7-5-6-8-20-35)27-30(38)33(19-11-15-31(25,27)39-23)26-21(2)12-9-13-22(26)3/h9-15,23-25,27,35H,4-8,16-20H2,1-3H3/t23-,24+,25-,27?,31-/m0/s1. The van der Waals surface area contributed by atoms with Crippen LogP contribution < -0.4 is 4.90 Å². The summed E-state index contributed by atoms with van der Waals surface area (Å²) < 4.78 is -0.783. The van der Waals surface area contributed by atoms with E-state index in [1.165, 1.54) is 0 Å². The molecule has 1 aromatic rings. The zero-order valence-corrected chi connectivity index (χ0v) is 24.2. The lowest BCUT2D eigenvalue weighted by atomic mass is 9.78. The predicted octanol–water partition coefficient (Wildman–Crippen LogP) is 3.86. The fourth-order valence-corrected chi connectivity index (χ4v) is 9.09. The van der Waals surface area contributed by atoms with Crippen molar-refractivity contribution in [2.45, 2.75) is 68.9 Å². The van der Waals surface area contributed by atoms with Crippen molar-refractivity contribution >= 4 is 35.2 Å². The Morgan fingerprint density at radius 2 is 1.69 bits per heavy atom. The van der Waals surface area contributed by atoms with Crippen LogP contribution in [0.15, 0.2) is 42.5 Å². The molecule has 4 aliphatic heterocycles.